The molecule has 0 unspecified atom stereocenters. The van der Waals surface area contributed by atoms with Crippen LogP contribution in [0.3, 0.4) is 0 Å². The van der Waals surface area contributed by atoms with Crippen LogP contribution in [0, 0.1) is 12.8 Å². The standard InChI is InChI=1S/C22H34N2O3/c1-17(2)20(24-9-13-27-14-10-24)16-23-21(25)22(7-11-26-12-8-22)19-6-4-5-18(3)15-19/h4-6,15,17,20H,7-14,16H2,1-3H3,(H,23,25)/t20-/m1/s1. The first-order valence-corrected chi connectivity index (χ1v) is 10.3. The van der Waals surface area contributed by atoms with Crippen molar-refractivity contribution in [2.24, 2.45) is 5.92 Å². The van der Waals surface area contributed by atoms with Gasteiger partial charge in [0.2, 0.25) is 5.91 Å². The quantitative estimate of drug-likeness (QED) is 0.831. The minimum absolute atomic E-state index is 0.148. The van der Waals surface area contributed by atoms with Crippen LogP contribution in [0.15, 0.2) is 24.3 Å². The van der Waals surface area contributed by atoms with Crippen LogP contribution in [0.2, 0.25) is 0 Å². The molecule has 1 atom stereocenters. The summed E-state index contributed by atoms with van der Waals surface area (Å²) in [7, 11) is 0. The number of nitrogens with one attached hydrogen (secondary N) is 1. The van der Waals surface area contributed by atoms with Gasteiger partial charge in [0.1, 0.15) is 0 Å². The number of ether oxygens (including phenoxy) is 2. The number of benzene rings is 1. The summed E-state index contributed by atoms with van der Waals surface area (Å²) in [4.78, 5) is 15.9. The Morgan fingerprint density at radius 2 is 1.81 bits per heavy atom. The number of hydrogen-bond donors (Lipinski definition) is 1. The van der Waals surface area contributed by atoms with E-state index in [1.807, 2.05) is 0 Å². The molecular formula is C22H34N2O3. The lowest BCUT2D eigenvalue weighted by molar-refractivity contribution is -0.131. The number of nitrogens with zero attached hydrogens (tertiary/aromatic N) is 1. The average molecular weight is 375 g/mol. The summed E-state index contributed by atoms with van der Waals surface area (Å²) in [6.07, 6.45) is 1.48. The topological polar surface area (TPSA) is 50.8 Å². The van der Waals surface area contributed by atoms with Gasteiger partial charge in [-0.25, -0.2) is 0 Å². The SMILES string of the molecule is Cc1cccc(C2(C(=O)NC[C@H](C(C)C)N3CCOCC3)CCOCC2)c1. The molecule has 1 amide bonds. The summed E-state index contributed by atoms with van der Waals surface area (Å²) < 4.78 is 11.1. The van der Waals surface area contributed by atoms with Gasteiger partial charge < -0.3 is 14.8 Å². The fourth-order valence-electron chi connectivity index (χ4n) is 4.37. The Hall–Kier alpha value is -1.43. The first-order valence-electron chi connectivity index (χ1n) is 10.3. The smallest absolute Gasteiger partial charge is 0.230 e. The van der Waals surface area contributed by atoms with E-state index >= 15 is 0 Å². The molecule has 0 spiro atoms. The Bertz CT molecular complexity index is 620. The zero-order valence-corrected chi connectivity index (χ0v) is 17.0. The van der Waals surface area contributed by atoms with Crippen molar-refractivity contribution in [3.05, 3.63) is 35.4 Å². The summed E-state index contributed by atoms with van der Waals surface area (Å²) in [5.41, 5.74) is 1.84. The number of carbonyl (C=O) groups excluding carboxylic acids is 1. The molecule has 0 bridgehead atoms. The van der Waals surface area contributed by atoms with E-state index in [1.165, 1.54) is 5.56 Å². The van der Waals surface area contributed by atoms with Crippen molar-refractivity contribution < 1.29 is 14.3 Å². The fraction of sp³-hybridized carbons (Fsp3) is 0.682. The minimum atomic E-state index is -0.475. The molecule has 2 fully saturated rings. The van der Waals surface area contributed by atoms with E-state index in [-0.39, 0.29) is 5.91 Å². The van der Waals surface area contributed by atoms with Crippen LogP contribution in [0.25, 0.3) is 0 Å². The van der Waals surface area contributed by atoms with Crippen molar-refractivity contribution in [2.45, 2.75) is 45.1 Å². The molecule has 1 aromatic carbocycles. The Labute approximate surface area is 163 Å². The maximum Gasteiger partial charge on any atom is 0.230 e. The van der Waals surface area contributed by atoms with Gasteiger partial charge in [-0.05, 0) is 31.2 Å². The first kappa shape index (κ1) is 20.3. The molecule has 3 rings (SSSR count). The van der Waals surface area contributed by atoms with E-state index in [4.69, 9.17) is 9.47 Å². The zero-order chi connectivity index (χ0) is 19.3. The second-order valence-corrected chi connectivity index (χ2v) is 8.23. The average Bonchev–Trinajstić information content (AvgIpc) is 2.69. The highest BCUT2D eigenvalue weighted by atomic mass is 16.5. The number of aryl methyl sites for hydroxylation is 1. The highest BCUT2D eigenvalue weighted by molar-refractivity contribution is 5.88. The Kier molecular flexibility index (Phi) is 6.90. The normalized spacial score (nSPS) is 21.8. The monoisotopic (exact) mass is 374 g/mol. The van der Waals surface area contributed by atoms with Crippen molar-refractivity contribution >= 4 is 5.91 Å². The van der Waals surface area contributed by atoms with Crippen molar-refractivity contribution in [1.29, 1.82) is 0 Å². The lowest BCUT2D eigenvalue weighted by Crippen LogP contribution is -2.54. The van der Waals surface area contributed by atoms with Crippen LogP contribution < -0.4 is 5.32 Å². The van der Waals surface area contributed by atoms with Gasteiger partial charge in [0.05, 0.1) is 18.6 Å². The fourth-order valence-corrected chi connectivity index (χ4v) is 4.37. The molecule has 1 N–H and O–H groups in total. The molecule has 27 heavy (non-hydrogen) atoms. The van der Waals surface area contributed by atoms with Gasteiger partial charge in [0.25, 0.3) is 0 Å². The van der Waals surface area contributed by atoms with Gasteiger partial charge in [-0.15, -0.1) is 0 Å². The Morgan fingerprint density at radius 1 is 1.15 bits per heavy atom. The van der Waals surface area contributed by atoms with E-state index in [0.717, 1.165) is 44.7 Å². The van der Waals surface area contributed by atoms with Gasteiger partial charge >= 0.3 is 0 Å². The van der Waals surface area contributed by atoms with E-state index in [2.05, 4.69) is 55.3 Å². The van der Waals surface area contributed by atoms with E-state index in [9.17, 15) is 4.79 Å². The molecule has 2 heterocycles. The number of morpholine rings is 1. The largest absolute Gasteiger partial charge is 0.381 e. The minimum Gasteiger partial charge on any atom is -0.381 e. The van der Waals surface area contributed by atoms with Gasteiger partial charge in [0, 0.05) is 38.9 Å². The van der Waals surface area contributed by atoms with Gasteiger partial charge in [-0.3, -0.25) is 9.69 Å². The third-order valence-corrected chi connectivity index (χ3v) is 6.11. The third kappa shape index (κ3) is 4.71. The van der Waals surface area contributed by atoms with Crippen molar-refractivity contribution in [3.8, 4) is 0 Å². The summed E-state index contributed by atoms with van der Waals surface area (Å²) in [6, 6.07) is 8.74. The molecule has 0 aliphatic carbocycles. The van der Waals surface area contributed by atoms with Crippen LogP contribution in [0.5, 0.6) is 0 Å². The highest BCUT2D eigenvalue weighted by Crippen LogP contribution is 2.35. The second-order valence-electron chi connectivity index (χ2n) is 8.23. The summed E-state index contributed by atoms with van der Waals surface area (Å²) in [5.74, 6) is 0.628. The van der Waals surface area contributed by atoms with Crippen LogP contribution in [-0.2, 0) is 19.7 Å². The molecule has 5 heteroatoms. The predicted octanol–water partition coefficient (Wildman–Crippen LogP) is 2.52. The van der Waals surface area contributed by atoms with Gasteiger partial charge in [-0.2, -0.15) is 0 Å². The van der Waals surface area contributed by atoms with Crippen molar-refractivity contribution in [2.75, 3.05) is 46.1 Å². The molecule has 150 valence electrons. The number of hydrogen-bond acceptors (Lipinski definition) is 4. The summed E-state index contributed by atoms with van der Waals surface area (Å²) >= 11 is 0. The summed E-state index contributed by atoms with van der Waals surface area (Å²) in [6.45, 7) is 12.0. The molecule has 0 saturated carbocycles. The van der Waals surface area contributed by atoms with Crippen LogP contribution in [0.4, 0.5) is 0 Å². The number of carbonyl (C=O) groups is 1. The lowest BCUT2D eigenvalue weighted by Gasteiger charge is -2.39. The van der Waals surface area contributed by atoms with Gasteiger partial charge in [0.15, 0.2) is 0 Å². The molecule has 2 aliphatic heterocycles. The molecule has 0 radical (unpaired) electrons. The zero-order valence-electron chi connectivity index (χ0n) is 17.0. The first-order chi connectivity index (χ1) is 13.0. The lowest BCUT2D eigenvalue weighted by atomic mass is 9.73. The molecule has 2 aliphatic rings. The highest BCUT2D eigenvalue weighted by Gasteiger charge is 2.42. The van der Waals surface area contributed by atoms with Crippen molar-refractivity contribution in [3.63, 3.8) is 0 Å². The molecule has 0 aromatic heterocycles. The molecule has 5 nitrogen and oxygen atoms in total. The molecule has 1 aromatic rings. The maximum atomic E-state index is 13.4. The maximum absolute atomic E-state index is 13.4. The Morgan fingerprint density at radius 3 is 2.44 bits per heavy atom. The third-order valence-electron chi connectivity index (χ3n) is 6.11. The van der Waals surface area contributed by atoms with Crippen molar-refractivity contribution in [1.82, 2.24) is 10.2 Å². The number of amides is 1. The predicted molar refractivity (Wildman–Crippen MR) is 107 cm³/mol. The molecular weight excluding hydrogens is 340 g/mol. The number of rotatable bonds is 6. The molecule has 2 saturated heterocycles. The van der Waals surface area contributed by atoms with Crippen LogP contribution in [0.1, 0.15) is 37.8 Å². The van der Waals surface area contributed by atoms with E-state index in [0.29, 0.717) is 31.7 Å². The summed E-state index contributed by atoms with van der Waals surface area (Å²) in [5, 5.41) is 3.31. The van der Waals surface area contributed by atoms with E-state index < -0.39 is 5.41 Å². The van der Waals surface area contributed by atoms with Gasteiger partial charge in [-0.1, -0.05) is 43.7 Å². The Balaban J connectivity index is 1.74. The second kappa shape index (κ2) is 9.18. The van der Waals surface area contributed by atoms with E-state index in [1.54, 1.807) is 0 Å². The van der Waals surface area contributed by atoms with Crippen LogP contribution >= 0.6 is 0 Å². The van der Waals surface area contributed by atoms with Crippen LogP contribution in [-0.4, -0.2) is 62.9 Å².